The molecule has 1 fully saturated rings. The van der Waals surface area contributed by atoms with Gasteiger partial charge in [-0.15, -0.1) is 6.58 Å². The number of carbonyl (C=O) groups excluding carboxylic acids is 1. The van der Waals surface area contributed by atoms with Crippen LogP contribution in [-0.4, -0.2) is 10.5 Å². The number of hydrogen-bond donors (Lipinski definition) is 0. The Morgan fingerprint density at radius 2 is 2.22 bits per heavy atom. The number of aryl methyl sites for hydroxylation is 1. The standard InChI is InChI=1S/C19H24N2OS/c1-3-12-21-16-10-8-14(2)13-17(16)23-19(21)20-18(22)11-9-15-6-4-5-7-15/h3,8,10,13,15H,1,4-7,9,11-12H2,2H3. The zero-order valence-corrected chi connectivity index (χ0v) is 14.6. The van der Waals surface area contributed by atoms with Crippen molar-refractivity contribution in [2.75, 3.05) is 0 Å². The molecule has 1 heterocycles. The monoisotopic (exact) mass is 328 g/mol. The van der Waals surface area contributed by atoms with Crippen molar-refractivity contribution in [2.24, 2.45) is 10.9 Å². The largest absolute Gasteiger partial charge is 0.313 e. The molecule has 1 aliphatic rings. The Kier molecular flexibility index (Phi) is 5.11. The molecule has 1 aromatic heterocycles. The third-order valence-corrected chi connectivity index (χ3v) is 5.65. The zero-order chi connectivity index (χ0) is 16.2. The molecule has 4 heteroatoms. The number of fused-ring (bicyclic) bond motifs is 1. The van der Waals surface area contributed by atoms with E-state index in [1.165, 1.54) is 35.9 Å². The predicted octanol–water partition coefficient (Wildman–Crippen LogP) is 4.59. The highest BCUT2D eigenvalue weighted by Gasteiger charge is 2.16. The average molecular weight is 328 g/mol. The SMILES string of the molecule is C=CCn1c(=NC(=O)CCC2CCCC2)sc2cc(C)ccc21. The van der Waals surface area contributed by atoms with Crippen LogP contribution < -0.4 is 4.80 Å². The van der Waals surface area contributed by atoms with Crippen LogP contribution in [0.5, 0.6) is 0 Å². The number of nitrogens with zero attached hydrogens (tertiary/aromatic N) is 2. The first-order valence-electron chi connectivity index (χ1n) is 8.46. The van der Waals surface area contributed by atoms with Gasteiger partial charge in [0.2, 0.25) is 5.91 Å². The molecule has 0 N–H and O–H groups in total. The van der Waals surface area contributed by atoms with Crippen LogP contribution in [0.2, 0.25) is 0 Å². The Balaban J connectivity index is 1.85. The van der Waals surface area contributed by atoms with Crippen molar-refractivity contribution in [3.05, 3.63) is 41.2 Å². The maximum absolute atomic E-state index is 12.3. The lowest BCUT2D eigenvalue weighted by molar-refractivity contribution is -0.118. The van der Waals surface area contributed by atoms with E-state index in [0.717, 1.165) is 22.7 Å². The van der Waals surface area contributed by atoms with Crippen LogP contribution in [0.4, 0.5) is 0 Å². The van der Waals surface area contributed by atoms with Gasteiger partial charge in [-0.2, -0.15) is 4.99 Å². The molecule has 0 atom stereocenters. The number of hydrogen-bond acceptors (Lipinski definition) is 2. The van der Waals surface area contributed by atoms with Gasteiger partial charge in [-0.05, 0) is 37.0 Å². The van der Waals surface area contributed by atoms with E-state index in [1.54, 1.807) is 11.3 Å². The molecule has 0 aliphatic heterocycles. The Morgan fingerprint density at radius 3 is 2.96 bits per heavy atom. The fraction of sp³-hybridized carbons (Fsp3) is 0.474. The van der Waals surface area contributed by atoms with Crippen LogP contribution in [0, 0.1) is 12.8 Å². The van der Waals surface area contributed by atoms with Crippen molar-refractivity contribution in [3.8, 4) is 0 Å². The summed E-state index contributed by atoms with van der Waals surface area (Å²) in [7, 11) is 0. The smallest absolute Gasteiger partial charge is 0.248 e. The highest BCUT2D eigenvalue weighted by Crippen LogP contribution is 2.28. The van der Waals surface area contributed by atoms with Crippen LogP contribution in [0.1, 0.15) is 44.1 Å². The molecular weight excluding hydrogens is 304 g/mol. The highest BCUT2D eigenvalue weighted by atomic mass is 32.1. The first kappa shape index (κ1) is 16.2. The Bertz CT molecular complexity index is 778. The minimum atomic E-state index is 0.0120. The third kappa shape index (κ3) is 3.81. The number of aromatic nitrogens is 1. The quantitative estimate of drug-likeness (QED) is 0.739. The Morgan fingerprint density at radius 1 is 1.43 bits per heavy atom. The summed E-state index contributed by atoms with van der Waals surface area (Å²) >= 11 is 1.59. The molecule has 0 unspecified atom stereocenters. The van der Waals surface area contributed by atoms with Gasteiger partial charge in [-0.25, -0.2) is 0 Å². The second-order valence-corrected chi connectivity index (χ2v) is 7.46. The Labute approximate surface area is 141 Å². The van der Waals surface area contributed by atoms with E-state index in [9.17, 15) is 4.79 Å². The van der Waals surface area contributed by atoms with Crippen LogP contribution in [0.25, 0.3) is 10.2 Å². The van der Waals surface area contributed by atoms with Crippen molar-refractivity contribution in [1.82, 2.24) is 4.57 Å². The van der Waals surface area contributed by atoms with Gasteiger partial charge in [0.05, 0.1) is 10.2 Å². The van der Waals surface area contributed by atoms with E-state index in [2.05, 4.69) is 41.3 Å². The summed E-state index contributed by atoms with van der Waals surface area (Å²) in [4.78, 5) is 17.5. The molecule has 1 saturated carbocycles. The van der Waals surface area contributed by atoms with E-state index in [-0.39, 0.29) is 5.91 Å². The van der Waals surface area contributed by atoms with Crippen LogP contribution >= 0.6 is 11.3 Å². The van der Waals surface area contributed by atoms with Gasteiger partial charge in [0, 0.05) is 13.0 Å². The normalized spacial score (nSPS) is 16.3. The maximum atomic E-state index is 12.3. The number of carbonyl (C=O) groups is 1. The second-order valence-electron chi connectivity index (χ2n) is 6.45. The molecule has 0 bridgehead atoms. The number of rotatable bonds is 5. The molecule has 2 aromatic rings. The molecular formula is C19H24N2OS. The first-order valence-corrected chi connectivity index (χ1v) is 9.27. The summed E-state index contributed by atoms with van der Waals surface area (Å²) in [5.74, 6) is 0.748. The highest BCUT2D eigenvalue weighted by molar-refractivity contribution is 7.16. The van der Waals surface area contributed by atoms with E-state index >= 15 is 0 Å². The summed E-state index contributed by atoms with van der Waals surface area (Å²) in [6.07, 6.45) is 8.64. The third-order valence-electron chi connectivity index (χ3n) is 4.61. The van der Waals surface area contributed by atoms with Gasteiger partial charge in [0.1, 0.15) is 0 Å². The summed E-state index contributed by atoms with van der Waals surface area (Å²) < 4.78 is 3.26. The van der Waals surface area contributed by atoms with Crippen LogP contribution in [-0.2, 0) is 11.3 Å². The number of benzene rings is 1. The van der Waals surface area contributed by atoms with E-state index in [1.807, 2.05) is 6.08 Å². The zero-order valence-electron chi connectivity index (χ0n) is 13.8. The van der Waals surface area contributed by atoms with Gasteiger partial charge in [0.25, 0.3) is 0 Å². The van der Waals surface area contributed by atoms with Crippen LogP contribution in [0.3, 0.4) is 0 Å². The minimum Gasteiger partial charge on any atom is -0.313 e. The molecule has 0 radical (unpaired) electrons. The maximum Gasteiger partial charge on any atom is 0.248 e. The molecule has 1 amide bonds. The van der Waals surface area contributed by atoms with Gasteiger partial charge in [-0.1, -0.05) is 49.2 Å². The van der Waals surface area contributed by atoms with E-state index in [0.29, 0.717) is 13.0 Å². The van der Waals surface area contributed by atoms with Crippen molar-refractivity contribution in [1.29, 1.82) is 0 Å². The number of thiazole rings is 1. The van der Waals surface area contributed by atoms with Gasteiger partial charge in [0.15, 0.2) is 4.80 Å². The number of allylic oxidation sites excluding steroid dienone is 1. The van der Waals surface area contributed by atoms with Crippen molar-refractivity contribution < 1.29 is 4.79 Å². The lowest BCUT2D eigenvalue weighted by Crippen LogP contribution is -2.16. The summed E-state index contributed by atoms with van der Waals surface area (Å²) in [6.45, 7) is 6.59. The van der Waals surface area contributed by atoms with Gasteiger partial charge < -0.3 is 4.57 Å². The molecule has 0 saturated heterocycles. The second kappa shape index (κ2) is 7.26. The summed E-state index contributed by atoms with van der Waals surface area (Å²) in [5.41, 5.74) is 2.35. The summed E-state index contributed by atoms with van der Waals surface area (Å²) in [5, 5.41) is 0. The number of amides is 1. The van der Waals surface area contributed by atoms with E-state index in [4.69, 9.17) is 0 Å². The fourth-order valence-corrected chi connectivity index (χ4v) is 4.52. The summed E-state index contributed by atoms with van der Waals surface area (Å²) in [6, 6.07) is 6.36. The molecule has 0 spiro atoms. The fourth-order valence-electron chi connectivity index (χ4n) is 3.36. The molecule has 122 valence electrons. The Hall–Kier alpha value is -1.68. The van der Waals surface area contributed by atoms with Gasteiger partial charge >= 0.3 is 0 Å². The van der Waals surface area contributed by atoms with Crippen molar-refractivity contribution in [3.63, 3.8) is 0 Å². The lowest BCUT2D eigenvalue weighted by atomic mass is 10.0. The van der Waals surface area contributed by atoms with Gasteiger partial charge in [-0.3, -0.25) is 4.79 Å². The lowest BCUT2D eigenvalue weighted by Gasteiger charge is -2.05. The van der Waals surface area contributed by atoms with Crippen molar-refractivity contribution >= 4 is 27.5 Å². The molecule has 1 aliphatic carbocycles. The average Bonchev–Trinajstić information content (AvgIpc) is 3.14. The minimum absolute atomic E-state index is 0.0120. The topological polar surface area (TPSA) is 34.4 Å². The molecule has 23 heavy (non-hydrogen) atoms. The molecule has 3 nitrogen and oxygen atoms in total. The van der Waals surface area contributed by atoms with Crippen molar-refractivity contribution in [2.45, 2.75) is 52.0 Å². The molecule has 1 aromatic carbocycles. The van der Waals surface area contributed by atoms with Crippen LogP contribution in [0.15, 0.2) is 35.8 Å². The first-order chi connectivity index (χ1) is 11.2. The predicted molar refractivity (Wildman–Crippen MR) is 96.5 cm³/mol. The molecule has 3 rings (SSSR count). The van der Waals surface area contributed by atoms with E-state index < -0.39 is 0 Å².